The topological polar surface area (TPSA) is 43.6 Å². The van der Waals surface area contributed by atoms with Crippen molar-refractivity contribution in [2.45, 2.75) is 6.92 Å². The highest BCUT2D eigenvalue weighted by Gasteiger charge is 2.07. The normalized spacial score (nSPS) is 11.6. The minimum atomic E-state index is 0.596. The van der Waals surface area contributed by atoms with Gasteiger partial charge in [0, 0.05) is 5.02 Å². The molecule has 0 amide bonds. The Balaban J connectivity index is 1.90. The van der Waals surface area contributed by atoms with Gasteiger partial charge in [-0.1, -0.05) is 48.0 Å². The summed E-state index contributed by atoms with van der Waals surface area (Å²) in [4.78, 5) is 1.48. The fourth-order valence-corrected chi connectivity index (χ4v) is 2.13. The first-order valence-electron chi connectivity index (χ1n) is 6.52. The van der Waals surface area contributed by atoms with Gasteiger partial charge in [-0.2, -0.15) is 0 Å². The molecule has 2 aromatic carbocycles. The van der Waals surface area contributed by atoms with Crippen LogP contribution >= 0.6 is 11.6 Å². The predicted molar refractivity (Wildman–Crippen MR) is 84.2 cm³/mol. The van der Waals surface area contributed by atoms with E-state index in [1.54, 1.807) is 6.07 Å². The first-order valence-corrected chi connectivity index (χ1v) is 6.90. The monoisotopic (exact) mass is 296 g/mol. The van der Waals surface area contributed by atoms with Crippen LogP contribution in [0.15, 0.2) is 54.6 Å². The lowest BCUT2D eigenvalue weighted by Crippen LogP contribution is -1.98. The first-order chi connectivity index (χ1) is 10.2. The van der Waals surface area contributed by atoms with Gasteiger partial charge in [0.1, 0.15) is 0 Å². The largest absolute Gasteiger partial charge is 0.201 e. The maximum atomic E-state index is 5.97. The summed E-state index contributed by atoms with van der Waals surface area (Å²) in [7, 11) is 0. The number of halogens is 1. The summed E-state index contributed by atoms with van der Waals surface area (Å²) >= 11 is 5.97. The molecule has 3 rings (SSSR count). The molecule has 4 nitrogen and oxygen atoms in total. The highest BCUT2D eigenvalue weighted by molar-refractivity contribution is 6.30. The van der Waals surface area contributed by atoms with E-state index in [-0.39, 0.29) is 0 Å². The summed E-state index contributed by atoms with van der Waals surface area (Å²) in [5.74, 6) is 0.596. The Bertz CT molecular complexity index is 778. The molecule has 0 spiro atoms. The van der Waals surface area contributed by atoms with Gasteiger partial charge in [0.2, 0.25) is 5.82 Å². The van der Waals surface area contributed by atoms with Crippen molar-refractivity contribution < 1.29 is 0 Å². The van der Waals surface area contributed by atoms with Crippen LogP contribution in [0.3, 0.4) is 0 Å². The molecule has 0 saturated carbocycles. The standard InChI is InChI=1S/C16H13ClN4/c1-12(10-13-6-3-2-4-7-13)16-18-20-21(19-16)15-9-5-8-14(17)11-15/h2-11H,1H3. The SMILES string of the molecule is CC(=Cc1ccccc1)c1nnn(-c2cccc(Cl)c2)n1. The molecule has 0 unspecified atom stereocenters. The van der Waals surface area contributed by atoms with Crippen molar-refractivity contribution in [3.8, 4) is 5.69 Å². The Morgan fingerprint density at radius 1 is 1.10 bits per heavy atom. The van der Waals surface area contributed by atoms with Crippen molar-refractivity contribution in [3.05, 3.63) is 71.0 Å². The third kappa shape index (κ3) is 3.17. The molecule has 0 saturated heterocycles. The number of allylic oxidation sites excluding steroid dienone is 1. The number of aromatic nitrogens is 4. The molecule has 104 valence electrons. The summed E-state index contributed by atoms with van der Waals surface area (Å²) in [6.45, 7) is 1.96. The average molecular weight is 297 g/mol. The van der Waals surface area contributed by atoms with Gasteiger partial charge in [-0.05, 0) is 47.5 Å². The Morgan fingerprint density at radius 3 is 2.67 bits per heavy atom. The number of rotatable bonds is 3. The van der Waals surface area contributed by atoms with Gasteiger partial charge in [0.15, 0.2) is 0 Å². The molecule has 1 aromatic heterocycles. The zero-order chi connectivity index (χ0) is 14.7. The molecule has 0 aliphatic carbocycles. The molecule has 1 heterocycles. The lowest BCUT2D eigenvalue weighted by Gasteiger charge is -1.98. The van der Waals surface area contributed by atoms with Gasteiger partial charge in [0.25, 0.3) is 0 Å². The van der Waals surface area contributed by atoms with Crippen molar-refractivity contribution in [3.63, 3.8) is 0 Å². The van der Waals surface area contributed by atoms with E-state index in [1.807, 2.05) is 61.5 Å². The van der Waals surface area contributed by atoms with E-state index in [4.69, 9.17) is 11.6 Å². The van der Waals surface area contributed by atoms with E-state index in [1.165, 1.54) is 4.80 Å². The molecule has 5 heteroatoms. The van der Waals surface area contributed by atoms with Gasteiger partial charge in [0.05, 0.1) is 5.69 Å². The van der Waals surface area contributed by atoms with Crippen LogP contribution in [0.5, 0.6) is 0 Å². The fourth-order valence-electron chi connectivity index (χ4n) is 1.95. The minimum absolute atomic E-state index is 0.596. The predicted octanol–water partition coefficient (Wildman–Crippen LogP) is 3.88. The Hall–Kier alpha value is -2.46. The molecule has 0 fully saturated rings. The van der Waals surface area contributed by atoms with Gasteiger partial charge >= 0.3 is 0 Å². The van der Waals surface area contributed by atoms with Crippen LogP contribution in [0.2, 0.25) is 5.02 Å². The molecule has 0 radical (unpaired) electrons. The van der Waals surface area contributed by atoms with E-state index >= 15 is 0 Å². The Labute approximate surface area is 127 Å². The second-order valence-electron chi connectivity index (χ2n) is 4.62. The molecule has 0 atom stereocenters. The van der Waals surface area contributed by atoms with E-state index in [0.29, 0.717) is 10.8 Å². The molecular formula is C16H13ClN4. The summed E-state index contributed by atoms with van der Waals surface area (Å²) in [6, 6.07) is 17.4. The van der Waals surface area contributed by atoms with Gasteiger partial charge in [-0.3, -0.25) is 0 Å². The molecule has 21 heavy (non-hydrogen) atoms. The highest BCUT2D eigenvalue weighted by atomic mass is 35.5. The van der Waals surface area contributed by atoms with E-state index in [9.17, 15) is 0 Å². The van der Waals surface area contributed by atoms with Crippen LogP contribution in [0, 0.1) is 0 Å². The van der Waals surface area contributed by atoms with Crippen molar-refractivity contribution in [2.24, 2.45) is 0 Å². The van der Waals surface area contributed by atoms with Crippen molar-refractivity contribution in [1.82, 2.24) is 20.2 Å². The zero-order valence-corrected chi connectivity index (χ0v) is 12.2. The maximum absolute atomic E-state index is 5.97. The van der Waals surface area contributed by atoms with Crippen LogP contribution in [0.25, 0.3) is 17.3 Å². The lowest BCUT2D eigenvalue weighted by atomic mass is 10.1. The fraction of sp³-hybridized carbons (Fsp3) is 0.0625. The number of hydrogen-bond donors (Lipinski definition) is 0. The van der Waals surface area contributed by atoms with Crippen molar-refractivity contribution in [1.29, 1.82) is 0 Å². The van der Waals surface area contributed by atoms with Crippen LogP contribution < -0.4 is 0 Å². The third-order valence-corrected chi connectivity index (χ3v) is 3.22. The second-order valence-corrected chi connectivity index (χ2v) is 5.06. The summed E-state index contributed by atoms with van der Waals surface area (Å²) in [6.07, 6.45) is 2.03. The van der Waals surface area contributed by atoms with Gasteiger partial charge < -0.3 is 0 Å². The lowest BCUT2D eigenvalue weighted by molar-refractivity contribution is 0.719. The summed E-state index contributed by atoms with van der Waals surface area (Å²) < 4.78 is 0. The summed E-state index contributed by atoms with van der Waals surface area (Å²) in [5.41, 5.74) is 2.84. The number of hydrogen-bond acceptors (Lipinski definition) is 3. The smallest absolute Gasteiger partial charge is 0.130 e. The van der Waals surface area contributed by atoms with Crippen molar-refractivity contribution in [2.75, 3.05) is 0 Å². The molecule has 0 bridgehead atoms. The maximum Gasteiger partial charge on any atom is 0.201 e. The third-order valence-electron chi connectivity index (χ3n) is 2.99. The van der Waals surface area contributed by atoms with Crippen LogP contribution in [-0.2, 0) is 0 Å². The Kier molecular flexibility index (Phi) is 3.79. The van der Waals surface area contributed by atoms with Crippen molar-refractivity contribution >= 4 is 23.3 Å². The second kappa shape index (κ2) is 5.89. The number of tetrazole rings is 1. The number of nitrogens with zero attached hydrogens (tertiary/aromatic N) is 4. The summed E-state index contributed by atoms with van der Waals surface area (Å²) in [5, 5.41) is 13.2. The van der Waals surface area contributed by atoms with Gasteiger partial charge in [-0.15, -0.1) is 15.0 Å². The van der Waals surface area contributed by atoms with Crippen LogP contribution in [0.4, 0.5) is 0 Å². The Morgan fingerprint density at radius 2 is 1.90 bits per heavy atom. The zero-order valence-electron chi connectivity index (χ0n) is 11.4. The van der Waals surface area contributed by atoms with E-state index < -0.39 is 0 Å². The molecular weight excluding hydrogens is 284 g/mol. The highest BCUT2D eigenvalue weighted by Crippen LogP contribution is 2.16. The number of benzene rings is 2. The molecule has 0 aliphatic rings. The first kappa shape index (κ1) is 13.5. The minimum Gasteiger partial charge on any atom is -0.130 e. The van der Waals surface area contributed by atoms with Crippen LogP contribution in [0.1, 0.15) is 18.3 Å². The molecule has 0 aliphatic heterocycles. The molecule has 3 aromatic rings. The van der Waals surface area contributed by atoms with Crippen LogP contribution in [-0.4, -0.2) is 20.2 Å². The van der Waals surface area contributed by atoms with E-state index in [0.717, 1.165) is 16.8 Å². The van der Waals surface area contributed by atoms with Gasteiger partial charge in [-0.25, -0.2) is 0 Å². The quantitative estimate of drug-likeness (QED) is 0.737. The average Bonchev–Trinajstić information content (AvgIpc) is 2.98. The van der Waals surface area contributed by atoms with E-state index in [2.05, 4.69) is 15.4 Å². The molecule has 0 N–H and O–H groups in total.